The zero-order valence-corrected chi connectivity index (χ0v) is 35.8. The van der Waals surface area contributed by atoms with Gasteiger partial charge in [-0.1, -0.05) is 57.5 Å². The monoisotopic (exact) mass is 837 g/mol. The lowest BCUT2D eigenvalue weighted by Crippen LogP contribution is -2.59. The largest absolute Gasteiger partial charge is 0.445 e. The van der Waals surface area contributed by atoms with E-state index in [1.54, 1.807) is 24.3 Å². The third kappa shape index (κ3) is 19.5. The number of ether oxygens (including phenoxy) is 1. The first-order valence-corrected chi connectivity index (χ1v) is 20.0. The van der Waals surface area contributed by atoms with E-state index in [1.165, 1.54) is 34.7 Å². The Labute approximate surface area is 346 Å². The number of nitrogens with two attached hydrogens (primary N) is 1. The minimum absolute atomic E-state index is 0.0143. The molecule has 0 aliphatic rings. The molecule has 0 bridgehead atoms. The Kier molecular flexibility index (Phi) is 23.0. The summed E-state index contributed by atoms with van der Waals surface area (Å²) in [5.41, 5.74) is 6.31. The van der Waals surface area contributed by atoms with Crippen LogP contribution in [-0.4, -0.2) is 103 Å². The fraction of sp³-hybridized carbons (Fsp3) is 0.641. The molecular formula is C39H64ClN9O9. The number of carbonyl (C=O) groups is 8. The molecule has 326 valence electrons. The van der Waals surface area contributed by atoms with Crippen LogP contribution in [0.4, 0.5) is 4.79 Å². The standard InChI is InChI=1S/C39H64ClN9O9/c1-21(2)18-30(48-32(50)23(5)41)37(55)46-25(7)34(52)47-29(16-12-13-17-43-39(57)58-20-27-14-10-11-15-28(27)40)36(54)45-26(8)35(53)49-31(19-22(3)4)38(56)44-24(6)33(51)42-9/h10-11,14-15,21-26,29-31H,12-13,16-20,41H2,1-9H3,(H,42,51)(H,43,57)(H,44,56)(H,45,54)(H,46,55)(H,47,52)(H,48,50)(H,49,53)/t23-,24-,25-,26-,29-,30-,31-/m0/s1. The molecule has 0 fully saturated rings. The van der Waals surface area contributed by atoms with Gasteiger partial charge in [0.15, 0.2) is 0 Å². The fourth-order valence-electron chi connectivity index (χ4n) is 5.40. The van der Waals surface area contributed by atoms with Gasteiger partial charge in [-0.25, -0.2) is 4.79 Å². The van der Waals surface area contributed by atoms with Gasteiger partial charge in [-0.3, -0.25) is 33.6 Å². The molecule has 1 aromatic rings. The number of hydrogen-bond acceptors (Lipinski definition) is 10. The Bertz CT molecular complexity index is 1560. The summed E-state index contributed by atoms with van der Waals surface area (Å²) in [5, 5.41) is 21.2. The van der Waals surface area contributed by atoms with Crippen LogP contribution in [0, 0.1) is 11.8 Å². The van der Waals surface area contributed by atoms with Gasteiger partial charge in [-0.05, 0) is 77.7 Å². The van der Waals surface area contributed by atoms with E-state index in [1.807, 2.05) is 27.7 Å². The van der Waals surface area contributed by atoms with Gasteiger partial charge in [0.05, 0.1) is 6.04 Å². The van der Waals surface area contributed by atoms with Crippen LogP contribution in [0.2, 0.25) is 5.02 Å². The zero-order valence-electron chi connectivity index (χ0n) is 35.1. The van der Waals surface area contributed by atoms with Gasteiger partial charge < -0.3 is 53.0 Å². The molecule has 0 unspecified atom stereocenters. The average Bonchev–Trinajstić information content (AvgIpc) is 3.15. The predicted octanol–water partition coefficient (Wildman–Crippen LogP) is 0.890. The predicted molar refractivity (Wildman–Crippen MR) is 219 cm³/mol. The lowest BCUT2D eigenvalue weighted by molar-refractivity contribution is -0.135. The minimum Gasteiger partial charge on any atom is -0.445 e. The van der Waals surface area contributed by atoms with Crippen molar-refractivity contribution in [2.24, 2.45) is 17.6 Å². The van der Waals surface area contributed by atoms with Crippen LogP contribution in [-0.2, 0) is 44.9 Å². The summed E-state index contributed by atoms with van der Waals surface area (Å²) in [7, 11) is 1.43. The van der Waals surface area contributed by atoms with E-state index >= 15 is 0 Å². The van der Waals surface area contributed by atoms with Crippen LogP contribution < -0.4 is 48.3 Å². The van der Waals surface area contributed by atoms with E-state index in [2.05, 4.69) is 42.5 Å². The Morgan fingerprint density at radius 3 is 1.52 bits per heavy atom. The number of benzene rings is 1. The molecule has 0 aromatic heterocycles. The zero-order chi connectivity index (χ0) is 44.1. The van der Waals surface area contributed by atoms with Crippen LogP contribution in [0.15, 0.2) is 24.3 Å². The second-order valence-corrected chi connectivity index (χ2v) is 15.5. The van der Waals surface area contributed by atoms with E-state index < -0.39 is 89.7 Å². The molecule has 0 saturated carbocycles. The van der Waals surface area contributed by atoms with Crippen molar-refractivity contribution in [3.05, 3.63) is 34.9 Å². The lowest BCUT2D eigenvalue weighted by Gasteiger charge is -2.26. The van der Waals surface area contributed by atoms with Crippen LogP contribution >= 0.6 is 11.6 Å². The topological polar surface area (TPSA) is 268 Å². The van der Waals surface area contributed by atoms with Gasteiger partial charge in [0.25, 0.3) is 0 Å². The Hall–Kier alpha value is -4.97. The molecule has 7 atom stereocenters. The maximum Gasteiger partial charge on any atom is 0.407 e. The van der Waals surface area contributed by atoms with Crippen molar-refractivity contribution in [1.29, 1.82) is 0 Å². The highest BCUT2D eigenvalue weighted by Crippen LogP contribution is 2.16. The van der Waals surface area contributed by atoms with Gasteiger partial charge >= 0.3 is 6.09 Å². The molecular weight excluding hydrogens is 774 g/mol. The van der Waals surface area contributed by atoms with Crippen LogP contribution in [0.3, 0.4) is 0 Å². The number of hydrogen-bond donors (Lipinski definition) is 9. The SMILES string of the molecule is CNC(=O)[C@H](C)NC(=O)[C@H](CC(C)C)NC(=O)[C@H](C)NC(=O)[C@H](CCCCNC(=O)OCc1ccccc1Cl)NC(=O)[C@H](C)NC(=O)[C@H](CC(C)C)NC(=O)[C@H](C)N. The summed E-state index contributed by atoms with van der Waals surface area (Å²) in [6.07, 6.45) is 0.615. The molecule has 0 spiro atoms. The van der Waals surface area contributed by atoms with Crippen LogP contribution in [0.25, 0.3) is 0 Å². The summed E-state index contributed by atoms with van der Waals surface area (Å²) in [5.74, 6) is -4.27. The number of alkyl carbamates (subject to hydrolysis) is 1. The fourth-order valence-corrected chi connectivity index (χ4v) is 5.59. The summed E-state index contributed by atoms with van der Waals surface area (Å²) in [4.78, 5) is 103. The third-order valence-corrected chi connectivity index (χ3v) is 9.10. The molecule has 19 heteroatoms. The summed E-state index contributed by atoms with van der Waals surface area (Å²) < 4.78 is 5.22. The van der Waals surface area contributed by atoms with E-state index in [0.717, 1.165) is 0 Å². The number of nitrogens with one attached hydrogen (secondary N) is 8. The van der Waals surface area contributed by atoms with E-state index in [-0.39, 0.29) is 44.2 Å². The highest BCUT2D eigenvalue weighted by molar-refractivity contribution is 6.31. The first-order chi connectivity index (χ1) is 27.2. The van der Waals surface area contributed by atoms with Crippen LogP contribution in [0.1, 0.15) is 93.1 Å². The molecule has 0 radical (unpaired) electrons. The number of likely N-dealkylation sites (N-methyl/N-ethyl adjacent to an activating group) is 1. The quantitative estimate of drug-likeness (QED) is 0.0664. The highest BCUT2D eigenvalue weighted by Gasteiger charge is 2.31. The third-order valence-electron chi connectivity index (χ3n) is 8.73. The molecule has 10 N–H and O–H groups in total. The molecule has 58 heavy (non-hydrogen) atoms. The Morgan fingerprint density at radius 2 is 1.05 bits per heavy atom. The van der Waals surface area contributed by atoms with Crippen molar-refractivity contribution in [1.82, 2.24) is 42.5 Å². The summed E-state index contributed by atoms with van der Waals surface area (Å²) in [6, 6.07) is -0.277. The maximum absolute atomic E-state index is 13.6. The molecule has 0 aliphatic heterocycles. The first kappa shape index (κ1) is 51.0. The Morgan fingerprint density at radius 1 is 0.603 bits per heavy atom. The Balaban J connectivity index is 3.05. The van der Waals surface area contributed by atoms with Gasteiger partial charge in [0, 0.05) is 24.2 Å². The van der Waals surface area contributed by atoms with Crippen molar-refractivity contribution < 1.29 is 43.1 Å². The van der Waals surface area contributed by atoms with Gasteiger partial charge in [-0.15, -0.1) is 0 Å². The molecule has 0 aliphatic carbocycles. The number of amides is 8. The van der Waals surface area contributed by atoms with E-state index in [4.69, 9.17) is 22.1 Å². The smallest absolute Gasteiger partial charge is 0.407 e. The van der Waals surface area contributed by atoms with E-state index in [0.29, 0.717) is 23.4 Å². The van der Waals surface area contributed by atoms with Crippen molar-refractivity contribution in [3.8, 4) is 0 Å². The molecule has 8 amide bonds. The molecule has 18 nitrogen and oxygen atoms in total. The molecule has 1 rings (SSSR count). The average molecular weight is 838 g/mol. The number of carbonyl (C=O) groups excluding carboxylic acids is 8. The van der Waals surface area contributed by atoms with Crippen molar-refractivity contribution in [2.75, 3.05) is 13.6 Å². The summed E-state index contributed by atoms with van der Waals surface area (Å²) in [6.45, 7) is 13.4. The molecule has 1 aromatic carbocycles. The molecule has 0 heterocycles. The maximum atomic E-state index is 13.6. The van der Waals surface area contributed by atoms with Crippen LogP contribution in [0.5, 0.6) is 0 Å². The van der Waals surface area contributed by atoms with Crippen molar-refractivity contribution >= 4 is 59.0 Å². The summed E-state index contributed by atoms with van der Waals surface area (Å²) >= 11 is 6.12. The van der Waals surface area contributed by atoms with Gasteiger partial charge in [0.2, 0.25) is 41.4 Å². The minimum atomic E-state index is -1.19. The number of rotatable bonds is 24. The van der Waals surface area contributed by atoms with Crippen molar-refractivity contribution in [3.63, 3.8) is 0 Å². The first-order valence-electron chi connectivity index (χ1n) is 19.6. The second kappa shape index (κ2) is 26.1. The number of unbranched alkanes of at least 4 members (excludes halogenated alkanes) is 1. The normalized spacial score (nSPS) is 14.6. The van der Waals surface area contributed by atoms with Gasteiger partial charge in [0.1, 0.15) is 42.9 Å². The molecule has 0 saturated heterocycles. The van der Waals surface area contributed by atoms with E-state index in [9.17, 15) is 38.4 Å². The number of halogens is 1. The highest BCUT2D eigenvalue weighted by atomic mass is 35.5. The lowest BCUT2D eigenvalue weighted by atomic mass is 10.0. The van der Waals surface area contributed by atoms with Gasteiger partial charge in [-0.2, -0.15) is 0 Å². The van der Waals surface area contributed by atoms with Crippen molar-refractivity contribution in [2.45, 2.75) is 136 Å². The second-order valence-electron chi connectivity index (χ2n) is 15.1.